The summed E-state index contributed by atoms with van der Waals surface area (Å²) < 4.78 is 4.64. The van der Waals surface area contributed by atoms with Crippen LogP contribution in [0, 0.1) is 19.3 Å². The minimum absolute atomic E-state index is 0.378. The number of ether oxygens (including phenoxy) is 1. The van der Waals surface area contributed by atoms with Gasteiger partial charge in [-0.15, -0.1) is 6.42 Å². The maximum atomic E-state index is 4.81. The third kappa shape index (κ3) is 3.52. The Morgan fingerprint density at radius 1 is 1.83 bits per heavy atom. The predicted octanol–water partition coefficient (Wildman–Crippen LogP) is 0.470. The molecule has 0 aromatic rings. The van der Waals surface area contributed by atoms with Crippen molar-refractivity contribution in [2.75, 3.05) is 13.2 Å². The summed E-state index contributed by atoms with van der Waals surface area (Å²) in [5.41, 5.74) is 0. The van der Waals surface area contributed by atoms with Crippen LogP contribution in [0.3, 0.4) is 0 Å². The van der Waals surface area contributed by atoms with Crippen LogP contribution in [0.15, 0.2) is 0 Å². The molecule has 1 radical (unpaired) electrons. The van der Waals surface area contributed by atoms with Gasteiger partial charge in [-0.3, -0.25) is 0 Å². The zero-order valence-corrected chi connectivity index (χ0v) is 3.61. The third-order valence-electron chi connectivity index (χ3n) is 0.330. The second-order valence-electron chi connectivity index (χ2n) is 0.757. The highest BCUT2D eigenvalue weighted by atomic mass is 16.5. The molecule has 1 heteroatoms. The Kier molecular flexibility index (Phi) is 4.16. The lowest BCUT2D eigenvalue weighted by Gasteiger charge is -1.86. The molecule has 6 heavy (non-hydrogen) atoms. The molecule has 0 aromatic carbocycles. The average molecular weight is 83.1 g/mol. The zero-order valence-electron chi connectivity index (χ0n) is 3.61. The van der Waals surface area contributed by atoms with Gasteiger partial charge in [0.15, 0.2) is 0 Å². The van der Waals surface area contributed by atoms with Gasteiger partial charge in [0.1, 0.15) is 6.61 Å². The van der Waals surface area contributed by atoms with E-state index < -0.39 is 0 Å². The van der Waals surface area contributed by atoms with E-state index in [4.69, 9.17) is 6.42 Å². The molecule has 0 saturated heterocycles. The molecule has 0 fully saturated rings. The van der Waals surface area contributed by atoms with Crippen LogP contribution in [0.4, 0.5) is 0 Å². The Balaban J connectivity index is 2.54. The Morgan fingerprint density at radius 2 is 2.50 bits per heavy atom. The number of terminal acetylenes is 1. The van der Waals surface area contributed by atoms with Gasteiger partial charge in [0.2, 0.25) is 0 Å². The molecule has 33 valence electrons. The lowest BCUT2D eigenvalue weighted by Crippen LogP contribution is -1.87. The van der Waals surface area contributed by atoms with E-state index in [1.165, 1.54) is 0 Å². The molecule has 0 atom stereocenters. The van der Waals surface area contributed by atoms with E-state index in [0.717, 1.165) is 0 Å². The fourth-order valence-corrected chi connectivity index (χ4v) is 0.131. The van der Waals surface area contributed by atoms with E-state index >= 15 is 0 Å². The van der Waals surface area contributed by atoms with Crippen molar-refractivity contribution in [2.45, 2.75) is 0 Å². The van der Waals surface area contributed by atoms with Crippen LogP contribution in [0.25, 0.3) is 0 Å². The molecule has 0 saturated carbocycles. The highest BCUT2D eigenvalue weighted by molar-refractivity contribution is 4.82. The quantitative estimate of drug-likeness (QED) is 0.348. The van der Waals surface area contributed by atoms with Crippen molar-refractivity contribution in [3.05, 3.63) is 6.92 Å². The molecule has 0 spiro atoms. The van der Waals surface area contributed by atoms with Gasteiger partial charge in [0.25, 0.3) is 0 Å². The molecule has 0 amide bonds. The normalized spacial score (nSPS) is 7.33. The van der Waals surface area contributed by atoms with Crippen LogP contribution in [0.1, 0.15) is 0 Å². The van der Waals surface area contributed by atoms with Crippen molar-refractivity contribution in [1.82, 2.24) is 0 Å². The Hall–Kier alpha value is -0.480. The predicted molar refractivity (Wildman–Crippen MR) is 25.0 cm³/mol. The Bertz CT molecular complexity index is 51.4. The first-order valence-corrected chi connectivity index (χ1v) is 1.72. The van der Waals surface area contributed by atoms with Gasteiger partial charge >= 0.3 is 0 Å². The van der Waals surface area contributed by atoms with Gasteiger partial charge in [-0.05, 0) is 6.92 Å². The summed E-state index contributed by atoms with van der Waals surface area (Å²) in [4.78, 5) is 0. The van der Waals surface area contributed by atoms with Crippen LogP contribution in [-0.2, 0) is 4.74 Å². The van der Waals surface area contributed by atoms with Crippen LogP contribution in [-0.4, -0.2) is 13.2 Å². The summed E-state index contributed by atoms with van der Waals surface area (Å²) in [6, 6.07) is 0. The molecule has 0 bridgehead atoms. The van der Waals surface area contributed by atoms with Gasteiger partial charge in [-0.2, -0.15) is 0 Å². The molecular weight excluding hydrogens is 76.1 g/mol. The first-order chi connectivity index (χ1) is 2.91. The summed E-state index contributed by atoms with van der Waals surface area (Å²) >= 11 is 0. The highest BCUT2D eigenvalue weighted by Gasteiger charge is 1.68. The van der Waals surface area contributed by atoms with E-state index in [1.807, 2.05) is 0 Å². The maximum absolute atomic E-state index is 4.81. The molecule has 0 aromatic heterocycles. The van der Waals surface area contributed by atoms with Crippen LogP contribution >= 0.6 is 0 Å². The maximum Gasteiger partial charge on any atom is 0.107 e. The lowest BCUT2D eigenvalue weighted by atomic mass is 10.7. The van der Waals surface area contributed by atoms with Crippen molar-refractivity contribution in [3.8, 4) is 12.3 Å². The second-order valence-corrected chi connectivity index (χ2v) is 0.757. The lowest BCUT2D eigenvalue weighted by molar-refractivity contribution is 0.198. The number of hydrogen-bond acceptors (Lipinski definition) is 1. The molecule has 0 rings (SSSR count). The van der Waals surface area contributed by atoms with E-state index in [1.54, 1.807) is 0 Å². The molecule has 0 aliphatic rings. The van der Waals surface area contributed by atoms with Crippen LogP contribution in [0.2, 0.25) is 0 Å². The molecular formula is C5H7O. The molecule has 0 heterocycles. The number of rotatable bonds is 2. The van der Waals surface area contributed by atoms with Crippen molar-refractivity contribution in [2.24, 2.45) is 0 Å². The molecule has 0 aliphatic heterocycles. The first-order valence-electron chi connectivity index (χ1n) is 1.72. The molecule has 0 N–H and O–H groups in total. The molecule has 1 nitrogen and oxygen atoms in total. The van der Waals surface area contributed by atoms with Gasteiger partial charge in [-0.25, -0.2) is 0 Å². The standard InChI is InChI=1S/C5H7O/c1-3-5-6-4-2/h1H,2,4-5H2. The Labute approximate surface area is 38.3 Å². The van der Waals surface area contributed by atoms with E-state index in [2.05, 4.69) is 17.6 Å². The minimum Gasteiger partial charge on any atom is -0.369 e. The third-order valence-corrected chi connectivity index (χ3v) is 0.330. The average Bonchev–Trinajstić information content (AvgIpc) is 1.61. The summed E-state index contributed by atoms with van der Waals surface area (Å²) in [6.45, 7) is 4.25. The summed E-state index contributed by atoms with van der Waals surface area (Å²) in [7, 11) is 0. The highest BCUT2D eigenvalue weighted by Crippen LogP contribution is 1.64. The topological polar surface area (TPSA) is 9.23 Å². The fraction of sp³-hybridized carbons (Fsp3) is 0.400. The van der Waals surface area contributed by atoms with E-state index in [9.17, 15) is 0 Å². The van der Waals surface area contributed by atoms with Crippen molar-refractivity contribution in [1.29, 1.82) is 0 Å². The summed E-state index contributed by atoms with van der Waals surface area (Å²) in [6.07, 6.45) is 4.81. The first kappa shape index (κ1) is 5.52. The number of hydrogen-bond donors (Lipinski definition) is 0. The van der Waals surface area contributed by atoms with Crippen molar-refractivity contribution in [3.63, 3.8) is 0 Å². The smallest absolute Gasteiger partial charge is 0.107 e. The van der Waals surface area contributed by atoms with Crippen LogP contribution in [0.5, 0.6) is 0 Å². The van der Waals surface area contributed by atoms with Crippen molar-refractivity contribution >= 4 is 0 Å². The zero-order chi connectivity index (χ0) is 4.83. The summed E-state index contributed by atoms with van der Waals surface area (Å²) in [5, 5.41) is 0. The molecule has 0 unspecified atom stereocenters. The Morgan fingerprint density at radius 3 is 2.67 bits per heavy atom. The fourth-order valence-electron chi connectivity index (χ4n) is 0.131. The van der Waals surface area contributed by atoms with Crippen molar-refractivity contribution < 1.29 is 4.74 Å². The molecule has 0 aliphatic carbocycles. The van der Waals surface area contributed by atoms with E-state index in [0.29, 0.717) is 13.2 Å². The van der Waals surface area contributed by atoms with Crippen LogP contribution < -0.4 is 0 Å². The minimum atomic E-state index is 0.378. The van der Waals surface area contributed by atoms with Gasteiger partial charge in [0, 0.05) is 6.61 Å². The van der Waals surface area contributed by atoms with Gasteiger partial charge in [-0.1, -0.05) is 5.92 Å². The van der Waals surface area contributed by atoms with Gasteiger partial charge in [0.05, 0.1) is 0 Å². The SMILES string of the molecule is C#CCOC[CH2]. The monoisotopic (exact) mass is 83.0 g/mol. The van der Waals surface area contributed by atoms with E-state index in [-0.39, 0.29) is 0 Å². The largest absolute Gasteiger partial charge is 0.369 e. The summed E-state index contributed by atoms with van der Waals surface area (Å²) in [5.74, 6) is 2.31. The van der Waals surface area contributed by atoms with Gasteiger partial charge < -0.3 is 4.74 Å². The second kappa shape index (κ2) is 4.52.